The monoisotopic (exact) mass is 250 g/mol. The third-order valence-electron chi connectivity index (χ3n) is 2.60. The van der Waals surface area contributed by atoms with Gasteiger partial charge in [-0.15, -0.1) is 0 Å². The van der Waals surface area contributed by atoms with Crippen molar-refractivity contribution in [2.45, 2.75) is 6.42 Å². The average Bonchev–Trinajstić information content (AvgIpc) is 2.66. The largest absolute Gasteiger partial charge is 0.320 e. The molecule has 17 heavy (non-hydrogen) atoms. The van der Waals surface area contributed by atoms with E-state index in [0.717, 1.165) is 0 Å². The van der Waals surface area contributed by atoms with E-state index < -0.39 is 10.0 Å². The summed E-state index contributed by atoms with van der Waals surface area (Å²) in [5.74, 6) is 5.87. The maximum absolute atomic E-state index is 11.8. The summed E-state index contributed by atoms with van der Waals surface area (Å²) in [5, 5.41) is 0. The van der Waals surface area contributed by atoms with E-state index >= 15 is 0 Å². The van der Waals surface area contributed by atoms with Gasteiger partial charge in [0.1, 0.15) is 0 Å². The Morgan fingerprint density at radius 3 is 2.76 bits per heavy atom. The third-order valence-corrected chi connectivity index (χ3v) is 4.45. The number of benzene rings is 1. The highest BCUT2D eigenvalue weighted by molar-refractivity contribution is 7.93. The Labute approximate surface area is 101 Å². The molecule has 1 saturated heterocycles. The van der Waals surface area contributed by atoms with Gasteiger partial charge in [0.15, 0.2) is 0 Å². The zero-order valence-electron chi connectivity index (χ0n) is 9.39. The van der Waals surface area contributed by atoms with Crippen molar-refractivity contribution in [3.63, 3.8) is 0 Å². The van der Waals surface area contributed by atoms with Crippen LogP contribution in [0.5, 0.6) is 0 Å². The number of hydrogen-bond donors (Lipinski definition) is 1. The summed E-state index contributed by atoms with van der Waals surface area (Å²) < 4.78 is 25.1. The first kappa shape index (κ1) is 12.0. The van der Waals surface area contributed by atoms with E-state index in [-0.39, 0.29) is 12.3 Å². The maximum atomic E-state index is 11.8. The van der Waals surface area contributed by atoms with Gasteiger partial charge in [-0.3, -0.25) is 4.31 Å². The highest BCUT2D eigenvalue weighted by Gasteiger charge is 2.29. The Kier molecular flexibility index (Phi) is 3.36. The van der Waals surface area contributed by atoms with Crippen molar-refractivity contribution < 1.29 is 8.42 Å². The van der Waals surface area contributed by atoms with Crippen molar-refractivity contribution in [3.05, 3.63) is 29.8 Å². The summed E-state index contributed by atoms with van der Waals surface area (Å²) in [6.45, 7) is 0.796. The zero-order valence-corrected chi connectivity index (χ0v) is 10.2. The van der Waals surface area contributed by atoms with Gasteiger partial charge in [-0.25, -0.2) is 8.42 Å². The molecule has 1 fully saturated rings. The summed E-state index contributed by atoms with van der Waals surface area (Å²) in [6.07, 6.45) is 0.668. The van der Waals surface area contributed by atoms with E-state index in [0.29, 0.717) is 24.2 Å². The van der Waals surface area contributed by atoms with Crippen LogP contribution in [0.25, 0.3) is 0 Å². The lowest BCUT2D eigenvalue weighted by Gasteiger charge is -2.18. The highest BCUT2D eigenvalue weighted by atomic mass is 32.2. The van der Waals surface area contributed by atoms with Crippen molar-refractivity contribution >= 4 is 15.7 Å². The molecule has 0 spiro atoms. The second-order valence-corrected chi connectivity index (χ2v) is 5.78. The highest BCUT2D eigenvalue weighted by Crippen LogP contribution is 2.26. The maximum Gasteiger partial charge on any atom is 0.235 e. The lowest BCUT2D eigenvalue weighted by Crippen LogP contribution is -2.25. The van der Waals surface area contributed by atoms with E-state index in [9.17, 15) is 8.42 Å². The summed E-state index contributed by atoms with van der Waals surface area (Å²) in [6, 6.07) is 7.25. The van der Waals surface area contributed by atoms with Gasteiger partial charge in [-0.05, 0) is 18.6 Å². The minimum Gasteiger partial charge on any atom is -0.320 e. The fourth-order valence-corrected chi connectivity index (χ4v) is 3.43. The van der Waals surface area contributed by atoms with Crippen LogP contribution in [0.3, 0.4) is 0 Å². The summed E-state index contributed by atoms with van der Waals surface area (Å²) in [5.41, 5.74) is 6.70. The number of nitrogens with two attached hydrogens (primary N) is 1. The number of nitrogens with zero attached hydrogens (tertiary/aromatic N) is 1. The smallest absolute Gasteiger partial charge is 0.235 e. The SMILES string of the molecule is NCC#Cc1ccccc1N1CCCS1(=O)=O. The van der Waals surface area contributed by atoms with Gasteiger partial charge in [0.25, 0.3) is 0 Å². The minimum absolute atomic E-state index is 0.214. The van der Waals surface area contributed by atoms with Crippen LogP contribution in [-0.2, 0) is 10.0 Å². The molecule has 1 aromatic carbocycles. The van der Waals surface area contributed by atoms with Crippen LogP contribution in [0.2, 0.25) is 0 Å². The predicted molar refractivity (Wildman–Crippen MR) is 68.1 cm³/mol. The Balaban J connectivity index is 2.45. The molecular weight excluding hydrogens is 236 g/mol. The summed E-state index contributed by atoms with van der Waals surface area (Å²) >= 11 is 0. The molecule has 0 bridgehead atoms. The van der Waals surface area contributed by atoms with Gasteiger partial charge in [0.05, 0.1) is 18.0 Å². The average molecular weight is 250 g/mol. The predicted octanol–water partition coefficient (Wildman–Crippen LogP) is 0.537. The van der Waals surface area contributed by atoms with Gasteiger partial charge in [-0.2, -0.15) is 0 Å². The van der Waals surface area contributed by atoms with E-state index in [1.807, 2.05) is 18.2 Å². The Hall–Kier alpha value is -1.51. The molecule has 1 aliphatic rings. The number of hydrogen-bond acceptors (Lipinski definition) is 3. The first-order chi connectivity index (χ1) is 8.15. The first-order valence-electron chi connectivity index (χ1n) is 5.43. The normalized spacial score (nSPS) is 17.6. The molecule has 0 saturated carbocycles. The van der Waals surface area contributed by atoms with E-state index in [4.69, 9.17) is 5.73 Å². The molecular formula is C12H14N2O2S. The molecule has 90 valence electrons. The van der Waals surface area contributed by atoms with Gasteiger partial charge in [0.2, 0.25) is 10.0 Å². The second kappa shape index (κ2) is 4.78. The van der Waals surface area contributed by atoms with Gasteiger partial charge < -0.3 is 5.73 Å². The van der Waals surface area contributed by atoms with E-state index in [2.05, 4.69) is 11.8 Å². The Morgan fingerprint density at radius 2 is 2.12 bits per heavy atom. The van der Waals surface area contributed by atoms with Crippen molar-refractivity contribution in [1.29, 1.82) is 0 Å². The minimum atomic E-state index is -3.15. The fraction of sp³-hybridized carbons (Fsp3) is 0.333. The van der Waals surface area contributed by atoms with Crippen molar-refractivity contribution in [1.82, 2.24) is 0 Å². The van der Waals surface area contributed by atoms with Crippen molar-refractivity contribution in [2.75, 3.05) is 23.1 Å². The van der Waals surface area contributed by atoms with Crippen LogP contribution < -0.4 is 10.0 Å². The molecule has 1 aromatic rings. The molecule has 0 aliphatic carbocycles. The molecule has 0 aromatic heterocycles. The van der Waals surface area contributed by atoms with Crippen LogP contribution in [0.4, 0.5) is 5.69 Å². The van der Waals surface area contributed by atoms with Crippen molar-refractivity contribution in [3.8, 4) is 11.8 Å². The molecule has 1 aliphatic heterocycles. The molecule has 0 atom stereocenters. The summed E-state index contributed by atoms with van der Waals surface area (Å²) in [4.78, 5) is 0. The molecule has 5 heteroatoms. The quantitative estimate of drug-likeness (QED) is 0.740. The van der Waals surface area contributed by atoms with Crippen LogP contribution in [0.1, 0.15) is 12.0 Å². The number of anilines is 1. The lowest BCUT2D eigenvalue weighted by atomic mass is 10.2. The van der Waals surface area contributed by atoms with Crippen LogP contribution >= 0.6 is 0 Å². The van der Waals surface area contributed by atoms with Crippen LogP contribution in [0.15, 0.2) is 24.3 Å². The second-order valence-electron chi connectivity index (χ2n) is 3.76. The molecule has 2 rings (SSSR count). The van der Waals surface area contributed by atoms with Crippen molar-refractivity contribution in [2.24, 2.45) is 5.73 Å². The third kappa shape index (κ3) is 2.43. The van der Waals surface area contributed by atoms with Crippen LogP contribution in [0, 0.1) is 11.8 Å². The lowest BCUT2D eigenvalue weighted by molar-refractivity contribution is 0.599. The number of rotatable bonds is 1. The molecule has 0 amide bonds. The van der Waals surface area contributed by atoms with Gasteiger partial charge >= 0.3 is 0 Å². The zero-order chi connectivity index (χ0) is 12.3. The standard InChI is InChI=1S/C12H14N2O2S/c13-8-3-6-11-5-1-2-7-12(11)14-9-4-10-17(14,15)16/h1-2,5,7H,4,8-10,13H2. The molecule has 4 nitrogen and oxygen atoms in total. The molecule has 0 radical (unpaired) electrons. The number of para-hydroxylation sites is 1. The van der Waals surface area contributed by atoms with Gasteiger partial charge in [-0.1, -0.05) is 24.0 Å². The fourth-order valence-electron chi connectivity index (χ4n) is 1.85. The molecule has 0 unspecified atom stereocenters. The van der Waals surface area contributed by atoms with Crippen LogP contribution in [-0.4, -0.2) is 27.3 Å². The Morgan fingerprint density at radius 1 is 1.35 bits per heavy atom. The Bertz CT molecular complexity index is 570. The molecule has 1 heterocycles. The number of sulfonamides is 1. The molecule has 2 N–H and O–H groups in total. The van der Waals surface area contributed by atoms with Gasteiger partial charge in [0, 0.05) is 12.1 Å². The summed E-state index contributed by atoms with van der Waals surface area (Å²) in [7, 11) is -3.15. The van der Waals surface area contributed by atoms with E-state index in [1.165, 1.54) is 4.31 Å². The van der Waals surface area contributed by atoms with E-state index in [1.54, 1.807) is 6.07 Å². The topological polar surface area (TPSA) is 63.4 Å². The first-order valence-corrected chi connectivity index (χ1v) is 7.04.